The number of nitrogens with one attached hydrogen (secondary N) is 1. The van der Waals surface area contributed by atoms with Crippen LogP contribution in [0.2, 0.25) is 0 Å². The van der Waals surface area contributed by atoms with Crippen molar-refractivity contribution in [2.45, 2.75) is 44.6 Å². The average Bonchev–Trinajstić information content (AvgIpc) is 2.68. The predicted octanol–water partition coefficient (Wildman–Crippen LogP) is 1.65. The summed E-state index contributed by atoms with van der Waals surface area (Å²) in [7, 11) is -3.45. The lowest BCUT2D eigenvalue weighted by molar-refractivity contribution is -0.119. The van der Waals surface area contributed by atoms with Crippen molar-refractivity contribution in [1.29, 1.82) is 0 Å². The molecule has 1 aliphatic rings. The van der Waals surface area contributed by atoms with Gasteiger partial charge in [-0.05, 0) is 32.8 Å². The third-order valence-corrected chi connectivity index (χ3v) is 6.49. The SMILES string of the molecule is CC(=O)NC1CCCN(S(=O)(=O)c2cc(C)sc2C)C1. The molecule has 1 atom stereocenters. The summed E-state index contributed by atoms with van der Waals surface area (Å²) >= 11 is 1.50. The summed E-state index contributed by atoms with van der Waals surface area (Å²) in [5.41, 5.74) is 0. The van der Waals surface area contributed by atoms with Gasteiger partial charge in [0.25, 0.3) is 0 Å². The van der Waals surface area contributed by atoms with Crippen LogP contribution in [0, 0.1) is 13.8 Å². The van der Waals surface area contributed by atoms with Gasteiger partial charge in [-0.2, -0.15) is 4.31 Å². The molecular formula is C13H20N2O3S2. The van der Waals surface area contributed by atoms with Gasteiger partial charge in [0.05, 0.1) is 4.90 Å². The second-order valence-electron chi connectivity index (χ2n) is 5.18. The summed E-state index contributed by atoms with van der Waals surface area (Å²) in [6.07, 6.45) is 1.60. The van der Waals surface area contributed by atoms with E-state index in [0.29, 0.717) is 18.0 Å². The van der Waals surface area contributed by atoms with Crippen molar-refractivity contribution >= 4 is 27.3 Å². The second kappa shape index (κ2) is 5.83. The summed E-state index contributed by atoms with van der Waals surface area (Å²) in [5, 5.41) is 2.81. The van der Waals surface area contributed by atoms with E-state index in [1.807, 2.05) is 13.8 Å². The predicted molar refractivity (Wildman–Crippen MR) is 79.4 cm³/mol. The third kappa shape index (κ3) is 3.21. The lowest BCUT2D eigenvalue weighted by Crippen LogP contribution is -2.49. The summed E-state index contributed by atoms with van der Waals surface area (Å²) in [6.45, 7) is 6.08. The number of carbonyl (C=O) groups is 1. The van der Waals surface area contributed by atoms with Gasteiger partial charge in [0.15, 0.2) is 0 Å². The van der Waals surface area contributed by atoms with Crippen LogP contribution in [0.5, 0.6) is 0 Å². The summed E-state index contributed by atoms with van der Waals surface area (Å²) in [4.78, 5) is 13.3. The Bertz CT molecular complexity index is 607. The fourth-order valence-corrected chi connectivity index (χ4v) is 5.62. The highest BCUT2D eigenvalue weighted by molar-refractivity contribution is 7.89. The highest BCUT2D eigenvalue weighted by atomic mass is 32.2. The maximum absolute atomic E-state index is 12.7. The molecule has 0 aliphatic carbocycles. The molecule has 0 spiro atoms. The van der Waals surface area contributed by atoms with E-state index in [9.17, 15) is 13.2 Å². The number of carbonyl (C=O) groups excluding carboxylic acids is 1. The van der Waals surface area contributed by atoms with Crippen LogP contribution < -0.4 is 5.32 Å². The van der Waals surface area contributed by atoms with Gasteiger partial charge < -0.3 is 5.32 Å². The van der Waals surface area contributed by atoms with Crippen molar-refractivity contribution < 1.29 is 13.2 Å². The molecular weight excluding hydrogens is 296 g/mol. The molecule has 1 saturated heterocycles. The zero-order valence-electron chi connectivity index (χ0n) is 12.0. The Hall–Kier alpha value is -0.920. The number of sulfonamides is 1. The van der Waals surface area contributed by atoms with Crippen molar-refractivity contribution in [2.75, 3.05) is 13.1 Å². The molecule has 112 valence electrons. The van der Waals surface area contributed by atoms with Crippen LogP contribution >= 0.6 is 11.3 Å². The van der Waals surface area contributed by atoms with E-state index in [0.717, 1.165) is 22.6 Å². The van der Waals surface area contributed by atoms with Crippen LogP contribution in [-0.4, -0.2) is 37.8 Å². The van der Waals surface area contributed by atoms with Crippen LogP contribution in [0.1, 0.15) is 29.5 Å². The van der Waals surface area contributed by atoms with Crippen molar-refractivity contribution in [2.24, 2.45) is 0 Å². The molecule has 1 aromatic rings. The normalized spacial score (nSPS) is 20.9. The number of aryl methyl sites for hydroxylation is 2. The minimum Gasteiger partial charge on any atom is -0.352 e. The molecule has 20 heavy (non-hydrogen) atoms. The lowest BCUT2D eigenvalue weighted by Gasteiger charge is -2.32. The van der Waals surface area contributed by atoms with E-state index in [1.165, 1.54) is 22.6 Å². The van der Waals surface area contributed by atoms with E-state index >= 15 is 0 Å². The van der Waals surface area contributed by atoms with Gasteiger partial charge in [0, 0.05) is 35.8 Å². The molecule has 2 rings (SSSR count). The number of piperidine rings is 1. The van der Waals surface area contributed by atoms with E-state index < -0.39 is 10.0 Å². The first-order valence-corrected chi connectivity index (χ1v) is 8.90. The number of hydrogen-bond donors (Lipinski definition) is 1. The maximum atomic E-state index is 12.7. The van der Waals surface area contributed by atoms with Gasteiger partial charge in [-0.15, -0.1) is 11.3 Å². The number of hydrogen-bond acceptors (Lipinski definition) is 4. The fraction of sp³-hybridized carbons (Fsp3) is 0.615. The van der Waals surface area contributed by atoms with Gasteiger partial charge in [-0.25, -0.2) is 8.42 Å². The standard InChI is InChI=1S/C13H20N2O3S2/c1-9-7-13(10(2)19-9)20(17,18)15-6-4-5-12(8-15)14-11(3)16/h7,12H,4-6,8H2,1-3H3,(H,14,16). The molecule has 7 heteroatoms. The Kier molecular flexibility index (Phi) is 4.51. The first kappa shape index (κ1) is 15.5. The zero-order chi connectivity index (χ0) is 14.9. The van der Waals surface area contributed by atoms with Gasteiger partial charge in [-0.1, -0.05) is 0 Å². The molecule has 1 amide bonds. The van der Waals surface area contributed by atoms with Crippen molar-refractivity contribution in [1.82, 2.24) is 9.62 Å². The Morgan fingerprint density at radius 1 is 1.45 bits per heavy atom. The van der Waals surface area contributed by atoms with Crippen LogP contribution in [-0.2, 0) is 14.8 Å². The Morgan fingerprint density at radius 2 is 2.15 bits per heavy atom. The molecule has 0 bridgehead atoms. The molecule has 1 N–H and O–H groups in total. The van der Waals surface area contributed by atoms with Crippen LogP contribution in [0.15, 0.2) is 11.0 Å². The maximum Gasteiger partial charge on any atom is 0.244 e. The Morgan fingerprint density at radius 3 is 2.70 bits per heavy atom. The molecule has 0 saturated carbocycles. The number of amides is 1. The highest BCUT2D eigenvalue weighted by Crippen LogP contribution is 2.29. The Balaban J connectivity index is 2.21. The molecule has 1 aliphatic heterocycles. The topological polar surface area (TPSA) is 66.5 Å². The Labute approximate surface area is 124 Å². The van der Waals surface area contributed by atoms with Crippen LogP contribution in [0.25, 0.3) is 0 Å². The second-order valence-corrected chi connectivity index (χ2v) is 8.55. The average molecular weight is 316 g/mol. The molecule has 1 unspecified atom stereocenters. The number of nitrogens with zero attached hydrogens (tertiary/aromatic N) is 1. The molecule has 1 aromatic heterocycles. The third-order valence-electron chi connectivity index (χ3n) is 3.40. The minimum absolute atomic E-state index is 0.0870. The van der Waals surface area contributed by atoms with Gasteiger partial charge in [-0.3, -0.25) is 4.79 Å². The molecule has 2 heterocycles. The number of thiophene rings is 1. The van der Waals surface area contributed by atoms with E-state index in [2.05, 4.69) is 5.32 Å². The summed E-state index contributed by atoms with van der Waals surface area (Å²) in [5.74, 6) is -0.114. The van der Waals surface area contributed by atoms with E-state index in [4.69, 9.17) is 0 Å². The fourth-order valence-electron chi connectivity index (χ4n) is 2.57. The van der Waals surface area contributed by atoms with Crippen molar-refractivity contribution in [3.05, 3.63) is 15.8 Å². The monoisotopic (exact) mass is 316 g/mol. The summed E-state index contributed by atoms with van der Waals surface area (Å²) in [6, 6.07) is 1.65. The van der Waals surface area contributed by atoms with E-state index in [-0.39, 0.29) is 11.9 Å². The first-order valence-electron chi connectivity index (χ1n) is 6.65. The van der Waals surface area contributed by atoms with Crippen molar-refractivity contribution in [3.63, 3.8) is 0 Å². The minimum atomic E-state index is -3.45. The lowest BCUT2D eigenvalue weighted by atomic mass is 10.1. The zero-order valence-corrected chi connectivity index (χ0v) is 13.6. The van der Waals surface area contributed by atoms with E-state index in [1.54, 1.807) is 6.07 Å². The molecule has 0 aromatic carbocycles. The van der Waals surface area contributed by atoms with Gasteiger partial charge >= 0.3 is 0 Å². The van der Waals surface area contributed by atoms with Crippen LogP contribution in [0.4, 0.5) is 0 Å². The molecule has 1 fully saturated rings. The summed E-state index contributed by atoms with van der Waals surface area (Å²) < 4.78 is 26.8. The highest BCUT2D eigenvalue weighted by Gasteiger charge is 2.32. The molecule has 5 nitrogen and oxygen atoms in total. The smallest absolute Gasteiger partial charge is 0.244 e. The largest absolute Gasteiger partial charge is 0.352 e. The van der Waals surface area contributed by atoms with Gasteiger partial charge in [0.2, 0.25) is 15.9 Å². The number of rotatable bonds is 3. The molecule has 0 radical (unpaired) electrons. The first-order chi connectivity index (χ1) is 9.30. The van der Waals surface area contributed by atoms with Gasteiger partial charge in [0.1, 0.15) is 0 Å². The quantitative estimate of drug-likeness (QED) is 0.922. The van der Waals surface area contributed by atoms with Crippen molar-refractivity contribution in [3.8, 4) is 0 Å². The van der Waals surface area contributed by atoms with Crippen LogP contribution in [0.3, 0.4) is 0 Å².